The van der Waals surface area contributed by atoms with Crippen molar-refractivity contribution in [3.63, 3.8) is 0 Å². The van der Waals surface area contributed by atoms with Gasteiger partial charge in [0, 0.05) is 42.0 Å². The van der Waals surface area contributed by atoms with Gasteiger partial charge < -0.3 is 0 Å². The Hall–Kier alpha value is -1.11. The van der Waals surface area contributed by atoms with Gasteiger partial charge in [-0.1, -0.05) is 47.8 Å². The molecule has 0 spiro atoms. The Balaban J connectivity index is 0.00000242. The van der Waals surface area contributed by atoms with Crippen LogP contribution in [0, 0.1) is 0 Å². The summed E-state index contributed by atoms with van der Waals surface area (Å²) in [4.78, 5) is 22.5. The number of aromatic nitrogens is 2. The molecule has 0 atom stereocenters. The molecule has 0 saturated carbocycles. The van der Waals surface area contributed by atoms with E-state index in [4.69, 9.17) is 0 Å². The third kappa shape index (κ3) is 5.26. The number of fused-ring (bicyclic) bond motifs is 1. The van der Waals surface area contributed by atoms with Gasteiger partial charge in [-0.05, 0) is 0 Å². The van der Waals surface area contributed by atoms with Crippen molar-refractivity contribution in [2.75, 3.05) is 11.5 Å². The second kappa shape index (κ2) is 9.12. The number of carbonyl (C=O) groups excluding carboxylic acids is 2. The number of thioether (sulfide) groups is 2. The molecule has 22 heavy (non-hydrogen) atoms. The molecule has 0 unspecified atom stereocenters. The highest BCUT2D eigenvalue weighted by molar-refractivity contribution is 8.14. The van der Waals surface area contributed by atoms with Gasteiger partial charge in [-0.15, -0.1) is 12.4 Å². The van der Waals surface area contributed by atoms with Crippen LogP contribution >= 0.6 is 35.9 Å². The largest absolute Gasteiger partial charge is 0.288 e. The van der Waals surface area contributed by atoms with E-state index in [0.29, 0.717) is 11.5 Å². The van der Waals surface area contributed by atoms with E-state index in [1.54, 1.807) is 20.0 Å². The third-order valence-corrected chi connectivity index (χ3v) is 4.91. The zero-order chi connectivity index (χ0) is 15.2. The highest BCUT2D eigenvalue weighted by atomic mass is 35.5. The lowest BCUT2D eigenvalue weighted by atomic mass is 10.0. The highest BCUT2D eigenvalue weighted by Crippen LogP contribution is 2.29. The van der Waals surface area contributed by atoms with Crippen molar-refractivity contribution in [2.45, 2.75) is 19.8 Å². The molecule has 0 fully saturated rings. The minimum Gasteiger partial charge on any atom is -0.288 e. The molecule has 0 saturated heterocycles. The van der Waals surface area contributed by atoms with E-state index in [0.717, 1.165) is 16.5 Å². The monoisotopic (exact) mass is 356 g/mol. The Morgan fingerprint density at radius 2 is 1.68 bits per heavy atom. The van der Waals surface area contributed by atoms with Crippen LogP contribution in [-0.2, 0) is 9.59 Å². The van der Waals surface area contributed by atoms with E-state index in [-0.39, 0.29) is 28.6 Å². The topological polar surface area (TPSA) is 59.9 Å². The molecule has 0 aliphatic rings. The Bertz CT molecular complexity index is 644. The number of hydrogen-bond donors (Lipinski definition) is 0. The molecular formula is C15H17ClN2O2S2. The summed E-state index contributed by atoms with van der Waals surface area (Å²) >= 11 is 2.53. The zero-order valence-corrected chi connectivity index (χ0v) is 14.8. The Kier molecular flexibility index (Phi) is 7.85. The van der Waals surface area contributed by atoms with Crippen LogP contribution in [0.15, 0.2) is 30.5 Å². The molecule has 4 nitrogen and oxygen atoms in total. The number of carbonyl (C=O) groups is 2. The Morgan fingerprint density at radius 1 is 1.09 bits per heavy atom. The van der Waals surface area contributed by atoms with Gasteiger partial charge in [-0.25, -0.2) is 0 Å². The molecule has 0 aliphatic carbocycles. The molecule has 1 aromatic heterocycles. The normalized spacial score (nSPS) is 10.5. The third-order valence-electron chi connectivity index (χ3n) is 2.96. The molecule has 118 valence electrons. The minimum atomic E-state index is 0. The first kappa shape index (κ1) is 18.9. The van der Waals surface area contributed by atoms with Crippen LogP contribution in [0.3, 0.4) is 0 Å². The molecule has 1 heterocycles. The lowest BCUT2D eigenvalue weighted by Crippen LogP contribution is -2.11. The fourth-order valence-electron chi connectivity index (χ4n) is 1.99. The van der Waals surface area contributed by atoms with Gasteiger partial charge in [-0.2, -0.15) is 10.2 Å². The highest BCUT2D eigenvalue weighted by Gasteiger charge is 2.19. The van der Waals surface area contributed by atoms with Gasteiger partial charge in [-0.3, -0.25) is 9.59 Å². The van der Waals surface area contributed by atoms with Crippen LogP contribution in [-0.4, -0.2) is 31.9 Å². The van der Waals surface area contributed by atoms with Crippen molar-refractivity contribution in [2.24, 2.45) is 0 Å². The summed E-state index contributed by atoms with van der Waals surface area (Å²) in [5.41, 5.74) is 0.857. The summed E-state index contributed by atoms with van der Waals surface area (Å²) < 4.78 is 0. The van der Waals surface area contributed by atoms with Crippen LogP contribution < -0.4 is 0 Å². The molecule has 2 rings (SSSR count). The maximum absolute atomic E-state index is 11.2. The fourth-order valence-corrected chi connectivity index (χ4v) is 3.57. The van der Waals surface area contributed by atoms with Gasteiger partial charge in [0.15, 0.2) is 10.2 Å². The van der Waals surface area contributed by atoms with Crippen LogP contribution in [0.2, 0.25) is 0 Å². The Morgan fingerprint density at radius 3 is 2.27 bits per heavy atom. The molecule has 0 aliphatic heterocycles. The number of halogens is 1. The summed E-state index contributed by atoms with van der Waals surface area (Å²) in [6, 6.07) is 7.91. The number of hydrogen-bond acceptors (Lipinski definition) is 6. The van der Waals surface area contributed by atoms with E-state index < -0.39 is 0 Å². The zero-order valence-electron chi connectivity index (χ0n) is 12.3. The quantitative estimate of drug-likeness (QED) is 0.814. The summed E-state index contributed by atoms with van der Waals surface area (Å²) in [6.07, 6.45) is 1.73. The molecule has 1 aromatic carbocycles. The summed E-state index contributed by atoms with van der Waals surface area (Å²) in [5, 5.41) is 10.5. The molecule has 0 amide bonds. The average Bonchev–Trinajstić information content (AvgIpc) is 2.46. The summed E-state index contributed by atoms with van der Waals surface area (Å²) in [5.74, 6) is 1.24. The average molecular weight is 357 g/mol. The van der Waals surface area contributed by atoms with Gasteiger partial charge in [0.1, 0.15) is 0 Å². The lowest BCUT2D eigenvalue weighted by molar-refractivity contribution is -0.109. The van der Waals surface area contributed by atoms with Crippen molar-refractivity contribution in [1.82, 2.24) is 10.2 Å². The van der Waals surface area contributed by atoms with Gasteiger partial charge in [0.25, 0.3) is 0 Å². The van der Waals surface area contributed by atoms with Crippen LogP contribution in [0.4, 0.5) is 0 Å². The smallest absolute Gasteiger partial charge is 0.185 e. The van der Waals surface area contributed by atoms with Crippen molar-refractivity contribution < 1.29 is 9.59 Å². The van der Waals surface area contributed by atoms with Crippen LogP contribution in [0.5, 0.6) is 0 Å². The van der Waals surface area contributed by atoms with Gasteiger partial charge in [0.05, 0.1) is 11.9 Å². The van der Waals surface area contributed by atoms with Gasteiger partial charge >= 0.3 is 0 Å². The number of benzene rings is 1. The van der Waals surface area contributed by atoms with Crippen LogP contribution in [0.25, 0.3) is 10.8 Å². The Labute approximate surface area is 144 Å². The number of rotatable bonds is 5. The molecule has 0 bridgehead atoms. The SMILES string of the molecule is CC(=O)SCC(CSC(C)=O)c1nncc2ccccc12.Cl. The molecule has 7 heteroatoms. The molecule has 0 radical (unpaired) electrons. The molecular weight excluding hydrogens is 340 g/mol. The maximum Gasteiger partial charge on any atom is 0.185 e. The van der Waals surface area contributed by atoms with E-state index in [1.807, 2.05) is 24.3 Å². The van der Waals surface area contributed by atoms with Crippen molar-refractivity contribution in [3.05, 3.63) is 36.2 Å². The van der Waals surface area contributed by atoms with Crippen molar-refractivity contribution >= 4 is 56.9 Å². The number of nitrogens with zero attached hydrogens (tertiary/aromatic N) is 2. The van der Waals surface area contributed by atoms with E-state index in [9.17, 15) is 9.59 Å². The maximum atomic E-state index is 11.2. The second-order valence-corrected chi connectivity index (χ2v) is 7.01. The lowest BCUT2D eigenvalue weighted by Gasteiger charge is -2.15. The summed E-state index contributed by atoms with van der Waals surface area (Å²) in [7, 11) is 0. The standard InChI is InChI=1S/C15H16N2O2S2.ClH/c1-10(18)20-8-13(9-21-11(2)19)15-14-6-4-3-5-12(14)7-16-17-15;/h3-7,13H,8-9H2,1-2H3;1H. The van der Waals surface area contributed by atoms with Crippen molar-refractivity contribution in [1.29, 1.82) is 0 Å². The molecule has 0 N–H and O–H groups in total. The van der Waals surface area contributed by atoms with E-state index in [2.05, 4.69) is 10.2 Å². The predicted molar refractivity (Wildman–Crippen MR) is 95.8 cm³/mol. The minimum absolute atomic E-state index is 0. The van der Waals surface area contributed by atoms with E-state index >= 15 is 0 Å². The fraction of sp³-hybridized carbons (Fsp3) is 0.333. The molecule has 2 aromatic rings. The van der Waals surface area contributed by atoms with Crippen LogP contribution in [0.1, 0.15) is 25.5 Å². The predicted octanol–water partition coefficient (Wildman–Crippen LogP) is 3.69. The first-order valence-electron chi connectivity index (χ1n) is 6.55. The second-order valence-electron chi connectivity index (χ2n) is 4.62. The summed E-state index contributed by atoms with van der Waals surface area (Å²) in [6.45, 7) is 3.10. The van der Waals surface area contributed by atoms with E-state index in [1.165, 1.54) is 23.5 Å². The van der Waals surface area contributed by atoms with Crippen molar-refractivity contribution in [3.8, 4) is 0 Å². The first-order chi connectivity index (χ1) is 10.1. The van der Waals surface area contributed by atoms with Gasteiger partial charge in [0.2, 0.25) is 0 Å². The first-order valence-corrected chi connectivity index (χ1v) is 8.52.